The molecule has 2 unspecified atom stereocenters. The number of esters is 2. The molecule has 0 saturated heterocycles. The largest absolute Gasteiger partial charge is 0.462 e. The van der Waals surface area contributed by atoms with E-state index in [0.717, 1.165) is 50.8 Å². The lowest BCUT2D eigenvalue weighted by atomic mass is 9.89. The normalized spacial score (nSPS) is 14.9. The summed E-state index contributed by atoms with van der Waals surface area (Å²) >= 11 is 0. The smallest absolute Gasteiger partial charge is 0.349 e. The molecule has 0 N–H and O–H groups in total. The number of hydrogen-bond acceptors (Lipinski definition) is 8. The Labute approximate surface area is 249 Å². The number of fused-ring (bicyclic) bond motifs is 6. The average Bonchev–Trinajstić information content (AvgIpc) is 3.51. The van der Waals surface area contributed by atoms with E-state index in [4.69, 9.17) is 14.2 Å². The first kappa shape index (κ1) is 28.4. The third-order valence-corrected chi connectivity index (χ3v) is 8.89. The molecule has 6 rings (SSSR count). The minimum absolute atomic E-state index is 0.203. The maximum atomic E-state index is 14.1. The second-order valence-corrected chi connectivity index (χ2v) is 12.9. The van der Waals surface area contributed by atoms with E-state index in [1.54, 1.807) is 0 Å². The molecule has 8 nitrogen and oxygen atoms in total. The number of carbonyl (C=O) groups excluding carboxylic acids is 3. The molecule has 0 radical (unpaired) electrons. The van der Waals surface area contributed by atoms with Crippen LogP contribution in [0.1, 0.15) is 34.1 Å². The molecule has 2 atom stereocenters. The molecule has 0 amide bonds. The quantitative estimate of drug-likeness (QED) is 0.148. The molecule has 4 aromatic carbocycles. The van der Waals surface area contributed by atoms with Crippen LogP contribution in [0.25, 0.3) is 22.3 Å². The lowest BCUT2D eigenvalue weighted by molar-refractivity contribution is -0.177. The van der Waals surface area contributed by atoms with Gasteiger partial charge in [0.2, 0.25) is 12.2 Å². The Morgan fingerprint density at radius 3 is 1.47 bits per heavy atom. The first-order valence-corrected chi connectivity index (χ1v) is 15.8. The molecular weight excluding hydrogens is 568 g/mol. The molecule has 218 valence electrons. The van der Waals surface area contributed by atoms with Crippen molar-refractivity contribution in [3.05, 3.63) is 119 Å². The molecule has 2 aliphatic carbocycles. The van der Waals surface area contributed by atoms with E-state index in [1.807, 2.05) is 97.1 Å². The summed E-state index contributed by atoms with van der Waals surface area (Å²) in [6, 6.07) is 30.1. The van der Waals surface area contributed by atoms with E-state index in [2.05, 4.69) is 0 Å². The van der Waals surface area contributed by atoms with Crippen molar-refractivity contribution in [3.63, 3.8) is 0 Å². The van der Waals surface area contributed by atoms with Gasteiger partial charge < -0.3 is 14.2 Å². The van der Waals surface area contributed by atoms with Crippen LogP contribution in [0.4, 0.5) is 0 Å². The Bertz CT molecular complexity index is 1740. The number of hydrogen-bond donors (Lipinski definition) is 0. The fourth-order valence-electron chi connectivity index (χ4n) is 6.19. The van der Waals surface area contributed by atoms with Crippen LogP contribution in [0.15, 0.2) is 97.1 Å². The van der Waals surface area contributed by atoms with Crippen LogP contribution in [0, 0.1) is 0 Å². The SMILES string of the molecule is CS(=O)(=O)CCOC(=O)C(OC(=O)C(OC=O)C1c2ccccc2-c2ccccc21)C1c2ccccc2-c2ccccc21. The zero-order chi connectivity index (χ0) is 30.1. The van der Waals surface area contributed by atoms with Crippen molar-refractivity contribution in [2.75, 3.05) is 18.6 Å². The number of ether oxygens (including phenoxy) is 3. The van der Waals surface area contributed by atoms with Crippen molar-refractivity contribution in [1.82, 2.24) is 0 Å². The third kappa shape index (κ3) is 5.32. The third-order valence-electron chi connectivity index (χ3n) is 7.98. The van der Waals surface area contributed by atoms with Crippen molar-refractivity contribution in [3.8, 4) is 22.3 Å². The molecule has 0 aliphatic heterocycles. The van der Waals surface area contributed by atoms with Gasteiger partial charge in [-0.15, -0.1) is 0 Å². The second kappa shape index (κ2) is 11.5. The van der Waals surface area contributed by atoms with E-state index in [0.29, 0.717) is 0 Å². The Hall–Kier alpha value is -4.76. The van der Waals surface area contributed by atoms with E-state index in [1.165, 1.54) is 0 Å². The fourth-order valence-corrected chi connectivity index (χ4v) is 6.58. The molecule has 0 bridgehead atoms. The summed E-state index contributed by atoms with van der Waals surface area (Å²) in [5, 5.41) is 0. The minimum Gasteiger partial charge on any atom is -0.462 e. The number of sulfone groups is 1. The molecule has 43 heavy (non-hydrogen) atoms. The van der Waals surface area contributed by atoms with Gasteiger partial charge in [-0.3, -0.25) is 4.79 Å². The van der Waals surface area contributed by atoms with Gasteiger partial charge in [0.05, 0.1) is 17.6 Å². The van der Waals surface area contributed by atoms with E-state index >= 15 is 0 Å². The van der Waals surface area contributed by atoms with Crippen LogP contribution < -0.4 is 0 Å². The van der Waals surface area contributed by atoms with Crippen LogP contribution in [0.2, 0.25) is 0 Å². The summed E-state index contributed by atoms with van der Waals surface area (Å²) in [5.41, 5.74) is 6.67. The van der Waals surface area contributed by atoms with E-state index in [9.17, 15) is 22.8 Å². The molecule has 9 heteroatoms. The summed E-state index contributed by atoms with van der Waals surface area (Å²) in [6.07, 6.45) is -1.84. The van der Waals surface area contributed by atoms with Crippen LogP contribution >= 0.6 is 0 Å². The standard InChI is InChI=1S/C34H28O8S/c1-43(38,39)19-18-40-33(36)32(30-27-16-8-4-12-23(27)24-13-5-9-17-28(24)30)42-34(37)31(41-20-35)29-25-14-6-2-10-21(25)22-11-3-7-15-26(22)29/h2-17,20,29-32H,18-19H2,1H3. The Kier molecular flexibility index (Phi) is 7.58. The lowest BCUT2D eigenvalue weighted by Crippen LogP contribution is -2.41. The first-order chi connectivity index (χ1) is 20.8. The summed E-state index contributed by atoms with van der Waals surface area (Å²) in [7, 11) is -3.42. The molecule has 0 saturated carbocycles. The highest BCUT2D eigenvalue weighted by Crippen LogP contribution is 2.49. The highest BCUT2D eigenvalue weighted by atomic mass is 32.2. The zero-order valence-corrected chi connectivity index (χ0v) is 24.0. The Morgan fingerprint density at radius 1 is 0.674 bits per heavy atom. The zero-order valence-electron chi connectivity index (χ0n) is 23.2. The van der Waals surface area contributed by atoms with Crippen molar-refractivity contribution >= 4 is 28.2 Å². The molecule has 0 fully saturated rings. The molecule has 4 aromatic rings. The maximum Gasteiger partial charge on any atom is 0.349 e. The molecule has 0 spiro atoms. The number of rotatable bonds is 10. The van der Waals surface area contributed by atoms with Crippen LogP contribution in [-0.2, 0) is 38.4 Å². The van der Waals surface area contributed by atoms with Gasteiger partial charge in [0.25, 0.3) is 6.47 Å². The number of benzene rings is 4. The van der Waals surface area contributed by atoms with Gasteiger partial charge in [0.1, 0.15) is 6.61 Å². The van der Waals surface area contributed by atoms with Crippen LogP contribution in [-0.4, -0.2) is 57.7 Å². The van der Waals surface area contributed by atoms with Crippen molar-refractivity contribution in [2.45, 2.75) is 24.0 Å². The monoisotopic (exact) mass is 596 g/mol. The summed E-state index contributed by atoms with van der Waals surface area (Å²) in [6.45, 7) is -0.200. The summed E-state index contributed by atoms with van der Waals surface area (Å²) < 4.78 is 40.3. The summed E-state index contributed by atoms with van der Waals surface area (Å²) in [4.78, 5) is 39.5. The molecule has 0 heterocycles. The van der Waals surface area contributed by atoms with Gasteiger partial charge in [-0.1, -0.05) is 97.1 Å². The predicted molar refractivity (Wildman–Crippen MR) is 159 cm³/mol. The Morgan fingerprint density at radius 2 is 1.07 bits per heavy atom. The van der Waals surface area contributed by atoms with Crippen LogP contribution in [0.3, 0.4) is 0 Å². The summed E-state index contributed by atoms with van der Waals surface area (Å²) in [5.74, 6) is -3.61. The van der Waals surface area contributed by atoms with E-state index < -0.39 is 52.4 Å². The van der Waals surface area contributed by atoms with Gasteiger partial charge in [0, 0.05) is 6.26 Å². The molecule has 2 aliphatic rings. The van der Waals surface area contributed by atoms with Crippen molar-refractivity contribution in [2.24, 2.45) is 0 Å². The van der Waals surface area contributed by atoms with E-state index in [-0.39, 0.29) is 12.2 Å². The Balaban J connectivity index is 1.39. The van der Waals surface area contributed by atoms with Gasteiger partial charge in [0.15, 0.2) is 9.84 Å². The van der Waals surface area contributed by atoms with Gasteiger partial charge >= 0.3 is 11.9 Å². The van der Waals surface area contributed by atoms with Crippen molar-refractivity contribution < 1.29 is 37.0 Å². The lowest BCUT2D eigenvalue weighted by Gasteiger charge is -2.28. The van der Waals surface area contributed by atoms with Crippen LogP contribution in [0.5, 0.6) is 0 Å². The molecular formula is C34H28O8S. The average molecular weight is 597 g/mol. The van der Waals surface area contributed by atoms with Gasteiger partial charge in [-0.25, -0.2) is 18.0 Å². The highest BCUT2D eigenvalue weighted by Gasteiger charge is 2.46. The maximum absolute atomic E-state index is 14.1. The molecule has 0 aromatic heterocycles. The number of carbonyl (C=O) groups is 3. The minimum atomic E-state index is -3.42. The topological polar surface area (TPSA) is 113 Å². The van der Waals surface area contributed by atoms with Crippen molar-refractivity contribution in [1.29, 1.82) is 0 Å². The second-order valence-electron chi connectivity index (χ2n) is 10.6. The highest BCUT2D eigenvalue weighted by molar-refractivity contribution is 7.90. The first-order valence-electron chi connectivity index (χ1n) is 13.8. The van der Waals surface area contributed by atoms with Gasteiger partial charge in [-0.2, -0.15) is 0 Å². The fraction of sp³-hybridized carbons (Fsp3) is 0.206. The predicted octanol–water partition coefficient (Wildman–Crippen LogP) is 4.65. The van der Waals surface area contributed by atoms with Gasteiger partial charge in [-0.05, 0) is 44.5 Å².